The van der Waals surface area contributed by atoms with E-state index in [-0.39, 0.29) is 17.9 Å². The molecular formula is C19H25N5OS2. The minimum Gasteiger partial charge on any atom is -0.394 e. The molecule has 2 heterocycles. The van der Waals surface area contributed by atoms with Crippen molar-refractivity contribution in [3.05, 3.63) is 35.9 Å². The maximum atomic E-state index is 9.73. The number of thiazole rings is 1. The van der Waals surface area contributed by atoms with Crippen molar-refractivity contribution in [3.63, 3.8) is 0 Å². The number of anilines is 2. The third kappa shape index (κ3) is 5.09. The lowest BCUT2D eigenvalue weighted by molar-refractivity contribution is 0.259. The summed E-state index contributed by atoms with van der Waals surface area (Å²) >= 11 is 2.94. The summed E-state index contributed by atoms with van der Waals surface area (Å²) in [6.45, 7) is 6.44. The second-order valence-corrected chi connectivity index (χ2v) is 9.22. The molecule has 1 aromatic carbocycles. The molecule has 2 atom stereocenters. The highest BCUT2D eigenvalue weighted by atomic mass is 32.2. The molecule has 4 N–H and O–H groups in total. The first-order valence-corrected chi connectivity index (χ1v) is 10.7. The summed E-state index contributed by atoms with van der Waals surface area (Å²) in [5, 5.41) is 14.4. The molecule has 0 spiro atoms. The molecule has 0 aliphatic rings. The van der Waals surface area contributed by atoms with Crippen molar-refractivity contribution in [1.29, 1.82) is 0 Å². The number of hydrogen-bond donors (Lipinski definition) is 3. The van der Waals surface area contributed by atoms with Gasteiger partial charge in [0.2, 0.25) is 0 Å². The standard InChI is InChI=1S/C19H25N5OS2/c1-11(2)9-14(10-25)21-16-15-17(22-18(20)27-15)24-19(23-16)26-12(3)13-7-5-4-6-8-13/h4-8,11-12,14,25H,9-10H2,1-3H3,(H3,20,21,22,23,24)/t12-,14+/m1/s1. The Morgan fingerprint density at radius 2 is 1.89 bits per heavy atom. The van der Waals surface area contributed by atoms with Gasteiger partial charge in [-0.05, 0) is 24.8 Å². The van der Waals surface area contributed by atoms with Crippen molar-refractivity contribution in [2.75, 3.05) is 17.7 Å². The van der Waals surface area contributed by atoms with Crippen LogP contribution in [0.2, 0.25) is 0 Å². The number of aliphatic hydroxyl groups is 1. The van der Waals surface area contributed by atoms with Gasteiger partial charge < -0.3 is 16.2 Å². The number of nitrogens with one attached hydrogen (secondary N) is 1. The minimum atomic E-state index is -0.0733. The highest BCUT2D eigenvalue weighted by Gasteiger charge is 2.18. The van der Waals surface area contributed by atoms with Crippen LogP contribution < -0.4 is 11.1 Å². The molecule has 27 heavy (non-hydrogen) atoms. The number of rotatable bonds is 8. The Kier molecular flexibility index (Phi) is 6.51. The molecule has 8 heteroatoms. The summed E-state index contributed by atoms with van der Waals surface area (Å²) in [7, 11) is 0. The molecule has 2 aromatic heterocycles. The summed E-state index contributed by atoms with van der Waals surface area (Å²) in [5.74, 6) is 1.15. The second-order valence-electron chi connectivity index (χ2n) is 6.88. The van der Waals surface area contributed by atoms with Gasteiger partial charge in [0.1, 0.15) is 4.70 Å². The van der Waals surface area contributed by atoms with Crippen LogP contribution in [0.5, 0.6) is 0 Å². The van der Waals surface area contributed by atoms with Crippen molar-refractivity contribution in [1.82, 2.24) is 15.0 Å². The van der Waals surface area contributed by atoms with Gasteiger partial charge in [-0.1, -0.05) is 67.3 Å². The van der Waals surface area contributed by atoms with E-state index in [0.717, 1.165) is 11.1 Å². The molecule has 0 fully saturated rings. The van der Waals surface area contributed by atoms with Gasteiger partial charge in [-0.15, -0.1) is 0 Å². The van der Waals surface area contributed by atoms with Crippen molar-refractivity contribution >= 4 is 44.4 Å². The summed E-state index contributed by atoms with van der Waals surface area (Å²) in [6, 6.07) is 10.2. The average Bonchev–Trinajstić information content (AvgIpc) is 3.02. The van der Waals surface area contributed by atoms with Gasteiger partial charge in [0.15, 0.2) is 21.8 Å². The molecule has 0 bridgehead atoms. The van der Waals surface area contributed by atoms with E-state index in [1.807, 2.05) is 18.2 Å². The first kappa shape index (κ1) is 19.9. The van der Waals surface area contributed by atoms with Crippen LogP contribution >= 0.6 is 23.1 Å². The number of fused-ring (bicyclic) bond motifs is 1. The van der Waals surface area contributed by atoms with Crippen molar-refractivity contribution in [2.45, 2.75) is 43.6 Å². The maximum Gasteiger partial charge on any atom is 0.192 e. The fraction of sp³-hybridized carbons (Fsp3) is 0.421. The van der Waals surface area contributed by atoms with E-state index in [4.69, 9.17) is 10.7 Å². The zero-order valence-corrected chi connectivity index (χ0v) is 17.3. The Hall–Kier alpha value is -1.90. The quantitative estimate of drug-likeness (QED) is 0.380. The maximum absolute atomic E-state index is 9.73. The van der Waals surface area contributed by atoms with Gasteiger partial charge >= 0.3 is 0 Å². The summed E-state index contributed by atoms with van der Waals surface area (Å²) in [4.78, 5) is 13.6. The predicted molar refractivity (Wildman–Crippen MR) is 114 cm³/mol. The SMILES string of the molecule is CC(C)C[C@@H](CO)Nc1nc(S[C@H](C)c2ccccc2)nc2nc(N)sc12. The lowest BCUT2D eigenvalue weighted by Gasteiger charge is -2.19. The number of aromatic nitrogens is 3. The van der Waals surface area contributed by atoms with E-state index >= 15 is 0 Å². The largest absolute Gasteiger partial charge is 0.394 e. The lowest BCUT2D eigenvalue weighted by Crippen LogP contribution is -2.26. The van der Waals surface area contributed by atoms with E-state index in [2.05, 4.69) is 48.2 Å². The molecule has 0 aliphatic carbocycles. The topological polar surface area (TPSA) is 97.0 Å². The molecule has 6 nitrogen and oxygen atoms in total. The van der Waals surface area contributed by atoms with E-state index in [0.29, 0.717) is 27.7 Å². The Bertz CT molecular complexity index is 884. The number of nitrogens with two attached hydrogens (primary N) is 1. The fourth-order valence-electron chi connectivity index (χ4n) is 2.86. The number of nitrogens with zero attached hydrogens (tertiary/aromatic N) is 3. The number of hydrogen-bond acceptors (Lipinski definition) is 8. The number of aliphatic hydroxyl groups excluding tert-OH is 1. The van der Waals surface area contributed by atoms with Crippen molar-refractivity contribution < 1.29 is 5.11 Å². The molecule has 0 saturated heterocycles. The predicted octanol–water partition coefficient (Wildman–Crippen LogP) is 4.34. The summed E-state index contributed by atoms with van der Waals surface area (Å²) < 4.78 is 0.825. The molecule has 0 unspecified atom stereocenters. The number of nitrogen functional groups attached to an aromatic ring is 1. The third-order valence-electron chi connectivity index (χ3n) is 4.12. The van der Waals surface area contributed by atoms with Crippen LogP contribution in [0.25, 0.3) is 10.3 Å². The number of thioether (sulfide) groups is 1. The van der Waals surface area contributed by atoms with Gasteiger partial charge in [-0.2, -0.15) is 0 Å². The summed E-state index contributed by atoms with van der Waals surface area (Å²) in [6.07, 6.45) is 0.846. The zero-order valence-electron chi connectivity index (χ0n) is 15.7. The molecule has 0 amide bonds. The highest BCUT2D eigenvalue weighted by molar-refractivity contribution is 7.99. The van der Waals surface area contributed by atoms with Gasteiger partial charge in [0, 0.05) is 5.25 Å². The van der Waals surface area contributed by atoms with Crippen LogP contribution in [-0.2, 0) is 0 Å². The normalized spacial score (nSPS) is 13.8. The Morgan fingerprint density at radius 1 is 1.15 bits per heavy atom. The van der Waals surface area contributed by atoms with Gasteiger partial charge in [-0.25, -0.2) is 15.0 Å². The van der Waals surface area contributed by atoms with Crippen LogP contribution in [0, 0.1) is 5.92 Å². The number of benzene rings is 1. The molecule has 0 saturated carbocycles. The molecule has 144 valence electrons. The molecule has 0 aliphatic heterocycles. The first-order chi connectivity index (χ1) is 13.0. The average molecular weight is 404 g/mol. The van der Waals surface area contributed by atoms with Crippen LogP contribution in [0.3, 0.4) is 0 Å². The van der Waals surface area contributed by atoms with Crippen LogP contribution in [0.1, 0.15) is 38.0 Å². The van der Waals surface area contributed by atoms with Crippen LogP contribution in [0.4, 0.5) is 10.9 Å². The zero-order chi connectivity index (χ0) is 19.4. The van der Waals surface area contributed by atoms with Crippen LogP contribution in [-0.4, -0.2) is 32.7 Å². The van der Waals surface area contributed by atoms with E-state index in [1.165, 1.54) is 16.9 Å². The van der Waals surface area contributed by atoms with Gasteiger partial charge in [0.05, 0.1) is 12.6 Å². The van der Waals surface area contributed by atoms with Crippen LogP contribution in [0.15, 0.2) is 35.5 Å². The third-order valence-corrected chi connectivity index (χ3v) is 6.02. The fourth-order valence-corrected chi connectivity index (χ4v) is 4.48. The van der Waals surface area contributed by atoms with E-state index in [1.54, 1.807) is 11.8 Å². The monoisotopic (exact) mass is 403 g/mol. The summed E-state index contributed by atoms with van der Waals surface area (Å²) in [5.41, 5.74) is 7.71. The molecule has 3 aromatic rings. The van der Waals surface area contributed by atoms with E-state index in [9.17, 15) is 5.11 Å². The van der Waals surface area contributed by atoms with E-state index < -0.39 is 0 Å². The first-order valence-electron chi connectivity index (χ1n) is 8.99. The van der Waals surface area contributed by atoms with Crippen molar-refractivity contribution in [2.24, 2.45) is 5.92 Å². The molecule has 3 rings (SSSR count). The minimum absolute atomic E-state index is 0.0425. The molecule has 0 radical (unpaired) electrons. The second kappa shape index (κ2) is 8.86. The Labute approximate surface area is 167 Å². The van der Waals surface area contributed by atoms with Gasteiger partial charge in [-0.3, -0.25) is 0 Å². The van der Waals surface area contributed by atoms with Crippen molar-refractivity contribution in [3.8, 4) is 0 Å². The highest BCUT2D eigenvalue weighted by Crippen LogP contribution is 2.36. The smallest absolute Gasteiger partial charge is 0.192 e. The molecular weight excluding hydrogens is 378 g/mol. The Morgan fingerprint density at radius 3 is 2.56 bits per heavy atom. The van der Waals surface area contributed by atoms with Gasteiger partial charge in [0.25, 0.3) is 0 Å². The lowest BCUT2D eigenvalue weighted by atomic mass is 10.0. The Balaban J connectivity index is 1.90.